The first-order chi connectivity index (χ1) is 11.2. The average Bonchev–Trinajstić information content (AvgIpc) is 2.82. The third-order valence-electron chi connectivity index (χ3n) is 3.94. The maximum atomic E-state index is 11.4. The highest BCUT2D eigenvalue weighted by atomic mass is 32.2. The van der Waals surface area contributed by atoms with Crippen molar-refractivity contribution in [1.82, 2.24) is 9.78 Å². The van der Waals surface area contributed by atoms with E-state index in [4.69, 9.17) is 5.14 Å². The number of aryl methyl sites for hydroxylation is 1. The molecule has 0 fully saturated rings. The van der Waals surface area contributed by atoms with Crippen molar-refractivity contribution in [2.75, 3.05) is 0 Å². The number of hydrogen-bond donors (Lipinski definition) is 1. The number of sulfonamides is 1. The van der Waals surface area contributed by atoms with E-state index in [1.165, 1.54) is 12.1 Å². The summed E-state index contributed by atoms with van der Waals surface area (Å²) in [7, 11) is -3.70. The van der Waals surface area contributed by atoms with E-state index in [1.54, 1.807) is 28.6 Å². The lowest BCUT2D eigenvalue weighted by molar-refractivity contribution is 0.598. The molecule has 0 aliphatic carbocycles. The van der Waals surface area contributed by atoms with Gasteiger partial charge in [0.2, 0.25) is 10.0 Å². The first-order valence-electron chi connectivity index (χ1n) is 7.63. The molecule has 1 aliphatic heterocycles. The standard InChI is InChI=1S/C16H20N4O2S2/c1-9(2)15-14-10(3)19-20(16(14)18-11(4)23-15)12-5-7-13(8-6-12)24(17,21)22/h5-9,15H,1-4H3,(H2,17,21,22)/t15-/m0/s1. The molecule has 0 radical (unpaired) electrons. The number of nitrogens with two attached hydrogens (primary N) is 1. The van der Waals surface area contributed by atoms with Crippen LogP contribution in [0, 0.1) is 12.8 Å². The number of thioether (sulfide) groups is 1. The molecule has 2 heterocycles. The van der Waals surface area contributed by atoms with Crippen LogP contribution in [0.3, 0.4) is 0 Å². The number of rotatable bonds is 3. The van der Waals surface area contributed by atoms with Crippen molar-refractivity contribution in [2.45, 2.75) is 37.8 Å². The van der Waals surface area contributed by atoms with Crippen LogP contribution in [0.15, 0.2) is 34.2 Å². The van der Waals surface area contributed by atoms with Crippen molar-refractivity contribution >= 4 is 32.6 Å². The highest BCUT2D eigenvalue weighted by Gasteiger charge is 2.30. The molecule has 0 saturated heterocycles. The molecule has 1 aromatic carbocycles. The summed E-state index contributed by atoms with van der Waals surface area (Å²) in [6.07, 6.45) is 0. The van der Waals surface area contributed by atoms with Crippen molar-refractivity contribution < 1.29 is 8.42 Å². The Morgan fingerprint density at radius 2 is 1.83 bits per heavy atom. The molecule has 2 aromatic rings. The summed E-state index contributed by atoms with van der Waals surface area (Å²) < 4.78 is 24.6. The number of nitrogens with zero attached hydrogens (tertiary/aromatic N) is 3. The zero-order valence-corrected chi connectivity index (χ0v) is 15.6. The van der Waals surface area contributed by atoms with E-state index in [9.17, 15) is 8.42 Å². The predicted octanol–water partition coefficient (Wildman–Crippen LogP) is 3.32. The Kier molecular flexibility index (Phi) is 4.31. The molecule has 24 heavy (non-hydrogen) atoms. The fourth-order valence-electron chi connectivity index (χ4n) is 2.81. The van der Waals surface area contributed by atoms with Crippen LogP contribution in [-0.4, -0.2) is 23.2 Å². The summed E-state index contributed by atoms with van der Waals surface area (Å²) in [6, 6.07) is 6.37. The lowest BCUT2D eigenvalue weighted by atomic mass is 10.0. The molecule has 0 amide bonds. The lowest BCUT2D eigenvalue weighted by Crippen LogP contribution is -2.12. The Labute approximate surface area is 146 Å². The largest absolute Gasteiger partial charge is 0.238 e. The van der Waals surface area contributed by atoms with Crippen LogP contribution in [-0.2, 0) is 10.0 Å². The van der Waals surface area contributed by atoms with Crippen LogP contribution in [0.1, 0.15) is 37.3 Å². The van der Waals surface area contributed by atoms with Crippen molar-refractivity contribution in [3.63, 3.8) is 0 Å². The number of primary sulfonamides is 1. The molecule has 0 unspecified atom stereocenters. The minimum absolute atomic E-state index is 0.0827. The van der Waals surface area contributed by atoms with Crippen molar-refractivity contribution in [3.8, 4) is 5.69 Å². The van der Waals surface area contributed by atoms with Crippen LogP contribution in [0.25, 0.3) is 5.69 Å². The minimum atomic E-state index is -3.70. The molecule has 2 N–H and O–H groups in total. The summed E-state index contributed by atoms with van der Waals surface area (Å²) in [5, 5.41) is 11.1. The van der Waals surface area contributed by atoms with Gasteiger partial charge in [-0.1, -0.05) is 13.8 Å². The van der Waals surface area contributed by atoms with E-state index in [-0.39, 0.29) is 4.90 Å². The van der Waals surface area contributed by atoms with Gasteiger partial charge in [-0.25, -0.2) is 23.2 Å². The number of hydrogen-bond acceptors (Lipinski definition) is 5. The molecule has 1 aliphatic rings. The fraction of sp³-hybridized carbons (Fsp3) is 0.375. The average molecular weight is 364 g/mol. The molecule has 6 nitrogen and oxygen atoms in total. The summed E-state index contributed by atoms with van der Waals surface area (Å²) in [5.41, 5.74) is 2.86. The van der Waals surface area contributed by atoms with E-state index in [2.05, 4.69) is 23.9 Å². The maximum Gasteiger partial charge on any atom is 0.238 e. The van der Waals surface area contributed by atoms with Crippen LogP contribution in [0.2, 0.25) is 0 Å². The summed E-state index contributed by atoms with van der Waals surface area (Å²) >= 11 is 1.77. The Morgan fingerprint density at radius 1 is 1.21 bits per heavy atom. The van der Waals surface area contributed by atoms with Gasteiger partial charge in [0, 0.05) is 10.8 Å². The van der Waals surface area contributed by atoms with E-state index in [1.807, 2.05) is 13.8 Å². The van der Waals surface area contributed by atoms with Gasteiger partial charge in [-0.3, -0.25) is 0 Å². The lowest BCUT2D eigenvalue weighted by Gasteiger charge is -2.24. The highest BCUT2D eigenvalue weighted by Crippen LogP contribution is 2.47. The normalized spacial score (nSPS) is 17.8. The van der Waals surface area contributed by atoms with Gasteiger partial charge in [0.15, 0.2) is 5.82 Å². The molecule has 3 rings (SSSR count). The molecule has 8 heteroatoms. The topological polar surface area (TPSA) is 90.3 Å². The quantitative estimate of drug-likeness (QED) is 0.904. The van der Waals surface area contributed by atoms with E-state index in [0.29, 0.717) is 11.2 Å². The van der Waals surface area contributed by atoms with Crippen molar-refractivity contribution in [3.05, 3.63) is 35.5 Å². The smallest absolute Gasteiger partial charge is 0.227 e. The van der Waals surface area contributed by atoms with Gasteiger partial charge in [0.1, 0.15) is 0 Å². The van der Waals surface area contributed by atoms with Crippen LogP contribution in [0.5, 0.6) is 0 Å². The van der Waals surface area contributed by atoms with Gasteiger partial charge in [0.25, 0.3) is 0 Å². The third kappa shape index (κ3) is 3.01. The number of benzene rings is 1. The van der Waals surface area contributed by atoms with Gasteiger partial charge < -0.3 is 0 Å². The predicted molar refractivity (Wildman–Crippen MR) is 97.6 cm³/mol. The maximum absolute atomic E-state index is 11.4. The summed E-state index contributed by atoms with van der Waals surface area (Å²) in [6.45, 7) is 8.37. The van der Waals surface area contributed by atoms with Crippen LogP contribution >= 0.6 is 11.8 Å². The van der Waals surface area contributed by atoms with E-state index < -0.39 is 10.0 Å². The molecule has 0 bridgehead atoms. The SMILES string of the molecule is CC1=Nc2c(c(C)nn2-c2ccc(S(N)(=O)=O)cc2)[C@H](C(C)C)S1. The third-order valence-corrected chi connectivity index (χ3v) is 6.34. The van der Waals surface area contributed by atoms with E-state index >= 15 is 0 Å². The summed E-state index contributed by atoms with van der Waals surface area (Å²) in [4.78, 5) is 4.77. The molecule has 1 atom stereocenters. The molecule has 0 saturated carbocycles. The molecular formula is C16H20N4O2S2. The molecular weight excluding hydrogens is 344 g/mol. The minimum Gasteiger partial charge on any atom is -0.227 e. The van der Waals surface area contributed by atoms with Crippen molar-refractivity contribution in [2.24, 2.45) is 16.0 Å². The van der Waals surface area contributed by atoms with E-state index in [0.717, 1.165) is 27.8 Å². The van der Waals surface area contributed by atoms with Crippen LogP contribution in [0.4, 0.5) is 5.82 Å². The summed E-state index contributed by atoms with van der Waals surface area (Å²) in [5.74, 6) is 1.28. The number of aromatic nitrogens is 2. The zero-order chi connectivity index (χ0) is 17.6. The van der Waals surface area contributed by atoms with Crippen molar-refractivity contribution in [1.29, 1.82) is 0 Å². The zero-order valence-electron chi connectivity index (χ0n) is 14.0. The molecule has 0 spiro atoms. The second-order valence-electron chi connectivity index (χ2n) is 6.19. The Balaban J connectivity index is 2.13. The number of fused-ring (bicyclic) bond motifs is 1. The molecule has 1 aromatic heterocycles. The van der Waals surface area contributed by atoms with Gasteiger partial charge >= 0.3 is 0 Å². The first-order valence-corrected chi connectivity index (χ1v) is 10.1. The molecule has 128 valence electrons. The second kappa shape index (κ2) is 6.02. The second-order valence-corrected chi connectivity index (χ2v) is 9.08. The monoisotopic (exact) mass is 364 g/mol. The number of aliphatic imine (C=N–C) groups is 1. The van der Waals surface area contributed by atoms with Gasteiger partial charge in [-0.2, -0.15) is 5.10 Å². The Bertz CT molecular complexity index is 912. The Hall–Kier alpha value is -1.64. The fourth-order valence-corrected chi connectivity index (χ4v) is 4.50. The Morgan fingerprint density at radius 3 is 2.38 bits per heavy atom. The highest BCUT2D eigenvalue weighted by molar-refractivity contribution is 8.14. The van der Waals surface area contributed by atoms with Crippen LogP contribution < -0.4 is 5.14 Å². The first kappa shape index (κ1) is 17.2. The van der Waals surface area contributed by atoms with Gasteiger partial charge in [0.05, 0.1) is 21.3 Å². The van der Waals surface area contributed by atoms with Gasteiger partial charge in [-0.15, -0.1) is 11.8 Å². The van der Waals surface area contributed by atoms with Gasteiger partial charge in [-0.05, 0) is 44.0 Å².